The van der Waals surface area contributed by atoms with E-state index in [1.54, 1.807) is 6.92 Å². The van der Waals surface area contributed by atoms with Gasteiger partial charge in [-0.25, -0.2) is 0 Å². The van der Waals surface area contributed by atoms with E-state index in [9.17, 15) is 14.7 Å². The number of ether oxygens (including phenoxy) is 2. The van der Waals surface area contributed by atoms with Crippen molar-refractivity contribution in [3.05, 3.63) is 16.7 Å². The van der Waals surface area contributed by atoms with Crippen LogP contribution in [-0.4, -0.2) is 72.4 Å². The molecule has 0 spiro atoms. The molecule has 0 aliphatic carbocycles. The Kier molecular flexibility index (Phi) is 9.61. The van der Waals surface area contributed by atoms with Crippen LogP contribution in [0.3, 0.4) is 0 Å². The molecule has 4 N–H and O–H groups in total. The second-order valence-electron chi connectivity index (χ2n) is 7.26. The number of likely N-dealkylation sites (tertiary alicyclic amines) is 1. The van der Waals surface area contributed by atoms with E-state index < -0.39 is 12.0 Å². The molecular weight excluding hydrogens is 412 g/mol. The number of aromatic nitrogens is 1. The number of unbranched alkanes of at least 4 members (excludes halogenated alkanes) is 2. The molecule has 0 radical (unpaired) electrons. The van der Waals surface area contributed by atoms with E-state index in [-0.39, 0.29) is 34.3 Å². The smallest absolute Gasteiger partial charge is 0.305 e. The Hall–Kier alpha value is -2.10. The van der Waals surface area contributed by atoms with Crippen molar-refractivity contribution in [2.45, 2.75) is 51.2 Å². The van der Waals surface area contributed by atoms with Crippen LogP contribution in [0.15, 0.2) is 6.07 Å². The van der Waals surface area contributed by atoms with Crippen molar-refractivity contribution in [1.29, 1.82) is 0 Å². The Morgan fingerprint density at radius 2 is 2.17 bits per heavy atom. The molecule has 9 nitrogen and oxygen atoms in total. The summed E-state index contributed by atoms with van der Waals surface area (Å²) in [6.45, 7) is 4.29. The standard InChI is InChI=1S/C20H31ClN4O5/c1-3-30-17(27)7-5-4-6-9-25-10-8-15(16(26)12-25)23-19(28)13-11-14(21)18(22)24-20(13)29-2/h11,15-16,26H,3-10,12H2,1-2H3,(H2,22,24)(H,23,28)/t15-,16+/m1/s1. The van der Waals surface area contributed by atoms with Gasteiger partial charge in [-0.3, -0.25) is 9.59 Å². The summed E-state index contributed by atoms with van der Waals surface area (Å²) in [4.78, 5) is 30.1. The van der Waals surface area contributed by atoms with Crippen LogP contribution in [0.4, 0.5) is 5.82 Å². The highest BCUT2D eigenvalue weighted by atomic mass is 35.5. The Morgan fingerprint density at radius 1 is 1.40 bits per heavy atom. The Morgan fingerprint density at radius 3 is 2.83 bits per heavy atom. The molecule has 1 fully saturated rings. The van der Waals surface area contributed by atoms with Gasteiger partial charge in [-0.15, -0.1) is 0 Å². The lowest BCUT2D eigenvalue weighted by molar-refractivity contribution is -0.143. The van der Waals surface area contributed by atoms with Gasteiger partial charge in [0.25, 0.3) is 5.91 Å². The van der Waals surface area contributed by atoms with E-state index in [0.29, 0.717) is 26.0 Å². The third-order valence-corrected chi connectivity index (χ3v) is 5.35. The van der Waals surface area contributed by atoms with Crippen LogP contribution < -0.4 is 15.8 Å². The number of carbonyl (C=O) groups excluding carboxylic acids is 2. The number of rotatable bonds is 10. The number of nitrogen functional groups attached to an aromatic ring is 1. The largest absolute Gasteiger partial charge is 0.480 e. The van der Waals surface area contributed by atoms with Crippen molar-refractivity contribution < 1.29 is 24.2 Å². The number of hydrogen-bond acceptors (Lipinski definition) is 8. The molecule has 2 heterocycles. The lowest BCUT2D eigenvalue weighted by Crippen LogP contribution is -2.54. The maximum absolute atomic E-state index is 12.6. The predicted octanol–water partition coefficient (Wildman–Crippen LogP) is 1.61. The number of esters is 1. The maximum atomic E-state index is 12.6. The van der Waals surface area contributed by atoms with Gasteiger partial charge >= 0.3 is 5.97 Å². The van der Waals surface area contributed by atoms with Crippen molar-refractivity contribution in [3.8, 4) is 5.88 Å². The van der Waals surface area contributed by atoms with Gasteiger partial charge < -0.3 is 30.5 Å². The molecule has 1 saturated heterocycles. The summed E-state index contributed by atoms with van der Waals surface area (Å²) in [6, 6.07) is 1.04. The molecule has 0 unspecified atom stereocenters. The van der Waals surface area contributed by atoms with E-state index in [4.69, 9.17) is 26.8 Å². The predicted molar refractivity (Wildman–Crippen MR) is 114 cm³/mol. The summed E-state index contributed by atoms with van der Waals surface area (Å²) in [5.41, 5.74) is 5.82. The van der Waals surface area contributed by atoms with Gasteiger partial charge in [-0.1, -0.05) is 18.0 Å². The van der Waals surface area contributed by atoms with Crippen molar-refractivity contribution >= 4 is 29.3 Å². The second kappa shape index (κ2) is 11.9. The number of carbonyl (C=O) groups is 2. The summed E-state index contributed by atoms with van der Waals surface area (Å²) in [6.07, 6.45) is 3.04. The lowest BCUT2D eigenvalue weighted by Gasteiger charge is -2.36. The average molecular weight is 443 g/mol. The number of nitrogens with one attached hydrogen (secondary N) is 1. The number of hydrogen-bond donors (Lipinski definition) is 3. The Labute approximate surface area is 181 Å². The number of β-amino-alcohol motifs (C(OH)–C–C–N with tert-alkyl or cyclic N) is 1. The van der Waals surface area contributed by atoms with Crippen LogP contribution in [0.2, 0.25) is 5.02 Å². The van der Waals surface area contributed by atoms with E-state index in [2.05, 4.69) is 15.2 Å². The SMILES string of the molecule is CCOC(=O)CCCCCN1CC[C@@H](NC(=O)c2cc(Cl)c(N)nc2OC)[C@@H](O)C1. The average Bonchev–Trinajstić information content (AvgIpc) is 2.71. The molecule has 10 heteroatoms. The topological polar surface area (TPSA) is 127 Å². The number of piperidine rings is 1. The van der Waals surface area contributed by atoms with Crippen molar-refractivity contribution in [2.75, 3.05) is 39.1 Å². The highest BCUT2D eigenvalue weighted by molar-refractivity contribution is 6.33. The third-order valence-electron chi connectivity index (χ3n) is 5.05. The van der Waals surface area contributed by atoms with Crippen molar-refractivity contribution in [3.63, 3.8) is 0 Å². The molecule has 1 amide bonds. The molecule has 1 aliphatic heterocycles. The van der Waals surface area contributed by atoms with Crippen LogP contribution in [0, 0.1) is 0 Å². The summed E-state index contributed by atoms with van der Waals surface area (Å²) >= 11 is 5.98. The number of amides is 1. The minimum atomic E-state index is -0.689. The Balaban J connectivity index is 1.77. The van der Waals surface area contributed by atoms with Gasteiger partial charge in [-0.05, 0) is 38.8 Å². The van der Waals surface area contributed by atoms with Crippen LogP contribution in [0.25, 0.3) is 0 Å². The van der Waals surface area contributed by atoms with Gasteiger partial charge in [0.15, 0.2) is 0 Å². The molecule has 1 aromatic heterocycles. The quantitative estimate of drug-likeness (QED) is 0.368. The number of methoxy groups -OCH3 is 1. The number of anilines is 1. The lowest BCUT2D eigenvalue weighted by atomic mass is 10.0. The van der Waals surface area contributed by atoms with Crippen LogP contribution in [0.5, 0.6) is 5.88 Å². The van der Waals surface area contributed by atoms with E-state index in [1.165, 1.54) is 13.2 Å². The van der Waals surface area contributed by atoms with E-state index in [0.717, 1.165) is 32.4 Å². The molecule has 30 heavy (non-hydrogen) atoms. The summed E-state index contributed by atoms with van der Waals surface area (Å²) in [7, 11) is 1.40. The molecule has 0 saturated carbocycles. The van der Waals surface area contributed by atoms with Gasteiger partial charge in [0.05, 0.1) is 30.9 Å². The highest BCUT2D eigenvalue weighted by Crippen LogP contribution is 2.25. The number of nitrogens with zero attached hydrogens (tertiary/aromatic N) is 2. The Bertz CT molecular complexity index is 733. The first-order chi connectivity index (χ1) is 14.3. The number of aliphatic hydroxyl groups excluding tert-OH is 1. The zero-order valence-corrected chi connectivity index (χ0v) is 18.3. The van der Waals surface area contributed by atoms with E-state index >= 15 is 0 Å². The van der Waals surface area contributed by atoms with Crippen LogP contribution in [0.1, 0.15) is 49.4 Å². The summed E-state index contributed by atoms with van der Waals surface area (Å²) in [5, 5.41) is 13.5. The molecule has 2 rings (SSSR count). The van der Waals surface area contributed by atoms with Gasteiger partial charge in [0, 0.05) is 19.5 Å². The first-order valence-electron chi connectivity index (χ1n) is 10.2. The molecule has 1 aliphatic rings. The molecule has 0 bridgehead atoms. The highest BCUT2D eigenvalue weighted by Gasteiger charge is 2.30. The fraction of sp³-hybridized carbons (Fsp3) is 0.650. The minimum absolute atomic E-state index is 0.0839. The molecule has 1 aromatic rings. The monoisotopic (exact) mass is 442 g/mol. The maximum Gasteiger partial charge on any atom is 0.305 e. The molecule has 0 aromatic carbocycles. The molecule has 168 valence electrons. The number of nitrogens with two attached hydrogens (primary N) is 1. The van der Waals surface area contributed by atoms with Gasteiger partial charge in [0.2, 0.25) is 5.88 Å². The normalized spacial score (nSPS) is 19.3. The zero-order chi connectivity index (χ0) is 22.1. The minimum Gasteiger partial charge on any atom is -0.480 e. The van der Waals surface area contributed by atoms with Crippen molar-refractivity contribution in [1.82, 2.24) is 15.2 Å². The number of pyridine rings is 1. The number of aliphatic hydroxyl groups is 1. The van der Waals surface area contributed by atoms with Crippen LogP contribution in [-0.2, 0) is 9.53 Å². The second-order valence-corrected chi connectivity index (χ2v) is 7.67. The van der Waals surface area contributed by atoms with Crippen molar-refractivity contribution in [2.24, 2.45) is 0 Å². The third kappa shape index (κ3) is 7.00. The summed E-state index contributed by atoms with van der Waals surface area (Å²) < 4.78 is 10.0. The fourth-order valence-electron chi connectivity index (χ4n) is 3.43. The zero-order valence-electron chi connectivity index (χ0n) is 17.5. The first kappa shape index (κ1) is 24.2. The summed E-state index contributed by atoms with van der Waals surface area (Å²) in [5.74, 6) is -0.402. The number of halogens is 1. The fourth-order valence-corrected chi connectivity index (χ4v) is 3.58. The molecule has 2 atom stereocenters. The van der Waals surface area contributed by atoms with Crippen LogP contribution >= 0.6 is 11.6 Å². The van der Waals surface area contributed by atoms with Gasteiger partial charge in [0.1, 0.15) is 11.4 Å². The van der Waals surface area contributed by atoms with Gasteiger partial charge in [-0.2, -0.15) is 4.98 Å². The first-order valence-corrected chi connectivity index (χ1v) is 10.6. The van der Waals surface area contributed by atoms with E-state index in [1.807, 2.05) is 0 Å². The molecular formula is C20H31ClN4O5.